The van der Waals surface area contributed by atoms with Crippen molar-refractivity contribution in [1.82, 2.24) is 10.6 Å². The maximum atomic E-state index is 3.49. The maximum Gasteiger partial charge on any atom is 0.00103 e. The van der Waals surface area contributed by atoms with Crippen LogP contribution in [0.3, 0.4) is 0 Å². The molecule has 0 heterocycles. The zero-order chi connectivity index (χ0) is 9.52. The smallest absolute Gasteiger partial charge is 0.00103 e. The van der Waals surface area contributed by atoms with Gasteiger partial charge in [-0.15, -0.1) is 0 Å². The normalized spacial score (nSPS) is 16.8. The number of nitrogens with one attached hydrogen (secondary N) is 2. The highest BCUT2D eigenvalue weighted by Crippen LogP contribution is 2.31. The Hall–Kier alpha value is -0.0800. The van der Waals surface area contributed by atoms with Crippen molar-refractivity contribution in [3.05, 3.63) is 0 Å². The molecule has 0 bridgehead atoms. The molecule has 0 atom stereocenters. The molecule has 2 N–H and O–H groups in total. The summed E-state index contributed by atoms with van der Waals surface area (Å²) in [4.78, 5) is 0. The summed E-state index contributed by atoms with van der Waals surface area (Å²) >= 11 is 0. The minimum Gasteiger partial charge on any atom is -0.317 e. The van der Waals surface area contributed by atoms with Crippen molar-refractivity contribution in [3.8, 4) is 0 Å². The predicted molar refractivity (Wildman–Crippen MR) is 58.0 cm³/mol. The number of hydrogen-bond acceptors (Lipinski definition) is 2. The van der Waals surface area contributed by atoms with Crippen LogP contribution >= 0.6 is 0 Å². The van der Waals surface area contributed by atoms with Crippen LogP contribution in [0.25, 0.3) is 0 Å². The van der Waals surface area contributed by atoms with E-state index < -0.39 is 0 Å². The molecule has 13 heavy (non-hydrogen) atoms. The van der Waals surface area contributed by atoms with Crippen LogP contribution < -0.4 is 10.6 Å². The summed E-state index contributed by atoms with van der Waals surface area (Å²) in [5.74, 6) is 1.07. The van der Waals surface area contributed by atoms with Crippen molar-refractivity contribution >= 4 is 0 Å². The molecule has 0 radical (unpaired) electrons. The summed E-state index contributed by atoms with van der Waals surface area (Å²) < 4.78 is 0. The molecule has 0 aromatic rings. The second-order valence-electron chi connectivity index (χ2n) is 4.44. The molecule has 0 saturated heterocycles. The molecule has 0 aliphatic heterocycles. The molecule has 0 aromatic carbocycles. The molecule has 2 heteroatoms. The molecule has 1 fully saturated rings. The SMILES string of the molecule is CC(C)NCCCNCCC1CC1. The van der Waals surface area contributed by atoms with Crippen LogP contribution in [0, 0.1) is 5.92 Å². The van der Waals surface area contributed by atoms with E-state index in [9.17, 15) is 0 Å². The minimum absolute atomic E-state index is 0.631. The first-order chi connectivity index (χ1) is 6.29. The first-order valence-electron chi connectivity index (χ1n) is 5.73. The maximum absolute atomic E-state index is 3.49. The zero-order valence-corrected chi connectivity index (χ0v) is 9.10. The van der Waals surface area contributed by atoms with Gasteiger partial charge >= 0.3 is 0 Å². The molecule has 0 amide bonds. The van der Waals surface area contributed by atoms with Crippen LogP contribution in [-0.4, -0.2) is 25.7 Å². The topological polar surface area (TPSA) is 24.1 Å². The fourth-order valence-corrected chi connectivity index (χ4v) is 1.44. The largest absolute Gasteiger partial charge is 0.317 e. The Balaban J connectivity index is 1.68. The Morgan fingerprint density at radius 1 is 1.15 bits per heavy atom. The van der Waals surface area contributed by atoms with Gasteiger partial charge in [-0.1, -0.05) is 26.7 Å². The van der Waals surface area contributed by atoms with Crippen LogP contribution in [0.2, 0.25) is 0 Å². The molecule has 0 unspecified atom stereocenters. The highest BCUT2D eigenvalue weighted by molar-refractivity contribution is 4.73. The number of rotatable bonds is 8. The third-order valence-electron chi connectivity index (χ3n) is 2.51. The highest BCUT2D eigenvalue weighted by atomic mass is 14.9. The highest BCUT2D eigenvalue weighted by Gasteiger charge is 2.19. The minimum atomic E-state index is 0.631. The average Bonchev–Trinajstić information content (AvgIpc) is 2.86. The fourth-order valence-electron chi connectivity index (χ4n) is 1.44. The Bertz CT molecular complexity index is 113. The predicted octanol–water partition coefficient (Wildman–Crippen LogP) is 1.76. The van der Waals surface area contributed by atoms with Gasteiger partial charge in [-0.05, 0) is 38.4 Å². The molecular weight excluding hydrogens is 160 g/mol. The van der Waals surface area contributed by atoms with Crippen molar-refractivity contribution in [3.63, 3.8) is 0 Å². The summed E-state index contributed by atoms with van der Waals surface area (Å²) in [5, 5.41) is 6.91. The zero-order valence-electron chi connectivity index (χ0n) is 9.10. The lowest BCUT2D eigenvalue weighted by molar-refractivity contribution is 0.537. The van der Waals surface area contributed by atoms with Gasteiger partial charge < -0.3 is 10.6 Å². The van der Waals surface area contributed by atoms with E-state index in [4.69, 9.17) is 0 Å². The Kier molecular flexibility index (Phi) is 5.40. The van der Waals surface area contributed by atoms with E-state index in [1.54, 1.807) is 0 Å². The summed E-state index contributed by atoms with van der Waals surface area (Å²) in [6, 6.07) is 0.631. The van der Waals surface area contributed by atoms with E-state index >= 15 is 0 Å². The first-order valence-corrected chi connectivity index (χ1v) is 5.73. The van der Waals surface area contributed by atoms with E-state index in [1.807, 2.05) is 0 Å². The van der Waals surface area contributed by atoms with Crippen molar-refractivity contribution in [2.45, 2.75) is 45.6 Å². The molecule has 78 valence electrons. The lowest BCUT2D eigenvalue weighted by Crippen LogP contribution is -2.27. The molecule has 1 aliphatic rings. The lowest BCUT2D eigenvalue weighted by atomic mass is 10.3. The summed E-state index contributed by atoms with van der Waals surface area (Å²) in [5.41, 5.74) is 0. The van der Waals surface area contributed by atoms with Gasteiger partial charge in [0, 0.05) is 6.04 Å². The Morgan fingerprint density at radius 3 is 2.54 bits per heavy atom. The summed E-state index contributed by atoms with van der Waals surface area (Å²) in [7, 11) is 0. The molecule has 2 nitrogen and oxygen atoms in total. The van der Waals surface area contributed by atoms with Crippen LogP contribution in [0.15, 0.2) is 0 Å². The average molecular weight is 184 g/mol. The van der Waals surface area contributed by atoms with Crippen molar-refractivity contribution < 1.29 is 0 Å². The van der Waals surface area contributed by atoms with Crippen molar-refractivity contribution in [2.75, 3.05) is 19.6 Å². The Labute approximate surface area is 82.5 Å². The summed E-state index contributed by atoms with van der Waals surface area (Å²) in [6.07, 6.45) is 5.62. The van der Waals surface area contributed by atoms with E-state index in [0.29, 0.717) is 6.04 Å². The van der Waals surface area contributed by atoms with Crippen molar-refractivity contribution in [2.24, 2.45) is 5.92 Å². The standard InChI is InChI=1S/C11H24N2/c1-10(2)13-8-3-7-12-9-6-11-4-5-11/h10-13H,3-9H2,1-2H3. The molecular formula is C11H24N2. The molecule has 1 aliphatic carbocycles. The van der Waals surface area contributed by atoms with Gasteiger partial charge in [-0.3, -0.25) is 0 Å². The van der Waals surface area contributed by atoms with Gasteiger partial charge in [-0.25, -0.2) is 0 Å². The number of hydrogen-bond donors (Lipinski definition) is 2. The van der Waals surface area contributed by atoms with Crippen LogP contribution in [0.5, 0.6) is 0 Å². The van der Waals surface area contributed by atoms with Gasteiger partial charge in [0.25, 0.3) is 0 Å². The fraction of sp³-hybridized carbons (Fsp3) is 1.00. The molecule has 0 spiro atoms. The van der Waals surface area contributed by atoms with E-state index in [1.165, 1.54) is 38.8 Å². The second kappa shape index (κ2) is 6.39. The van der Waals surface area contributed by atoms with Gasteiger partial charge in [0.2, 0.25) is 0 Å². The van der Waals surface area contributed by atoms with Crippen LogP contribution in [0.4, 0.5) is 0 Å². The second-order valence-corrected chi connectivity index (χ2v) is 4.44. The first kappa shape index (κ1) is 11.0. The molecule has 1 saturated carbocycles. The summed E-state index contributed by atoms with van der Waals surface area (Å²) in [6.45, 7) is 7.94. The van der Waals surface area contributed by atoms with E-state index in [2.05, 4.69) is 24.5 Å². The lowest BCUT2D eigenvalue weighted by Gasteiger charge is -2.08. The third kappa shape index (κ3) is 7.03. The third-order valence-corrected chi connectivity index (χ3v) is 2.51. The van der Waals surface area contributed by atoms with Gasteiger partial charge in [0.15, 0.2) is 0 Å². The van der Waals surface area contributed by atoms with Crippen LogP contribution in [-0.2, 0) is 0 Å². The Morgan fingerprint density at radius 2 is 1.92 bits per heavy atom. The van der Waals surface area contributed by atoms with Crippen LogP contribution in [0.1, 0.15) is 39.5 Å². The monoisotopic (exact) mass is 184 g/mol. The quantitative estimate of drug-likeness (QED) is 0.562. The van der Waals surface area contributed by atoms with Gasteiger partial charge in [0.1, 0.15) is 0 Å². The van der Waals surface area contributed by atoms with Gasteiger partial charge in [0.05, 0.1) is 0 Å². The molecule has 1 rings (SSSR count). The van der Waals surface area contributed by atoms with Gasteiger partial charge in [-0.2, -0.15) is 0 Å². The van der Waals surface area contributed by atoms with Crippen molar-refractivity contribution in [1.29, 1.82) is 0 Å². The van der Waals surface area contributed by atoms with E-state index in [-0.39, 0.29) is 0 Å². The van der Waals surface area contributed by atoms with E-state index in [0.717, 1.165) is 12.5 Å². The molecule has 0 aromatic heterocycles.